The number of benzene rings is 1. The summed E-state index contributed by atoms with van der Waals surface area (Å²) >= 11 is 5.98. The second-order valence-corrected chi connectivity index (χ2v) is 5.20. The number of carbonyl (C=O) groups is 1. The smallest absolute Gasteiger partial charge is 0.335 e. The highest BCUT2D eigenvalue weighted by molar-refractivity contribution is 6.32. The largest absolute Gasteiger partial charge is 0.478 e. The molecule has 0 unspecified atom stereocenters. The summed E-state index contributed by atoms with van der Waals surface area (Å²) in [5, 5.41) is 9.02. The van der Waals surface area contributed by atoms with E-state index in [2.05, 4.69) is 9.97 Å². The van der Waals surface area contributed by atoms with Crippen LogP contribution in [-0.2, 0) is 0 Å². The molecule has 0 spiro atoms. The molecular weight excluding hydrogens is 296 g/mol. The van der Waals surface area contributed by atoms with Gasteiger partial charge in [0.2, 0.25) is 5.88 Å². The van der Waals surface area contributed by atoms with Crippen LogP contribution in [0, 0.1) is 0 Å². The second-order valence-electron chi connectivity index (χ2n) is 4.80. The maximum absolute atomic E-state index is 11.6. The minimum absolute atomic E-state index is 0.0601. The summed E-state index contributed by atoms with van der Waals surface area (Å²) in [4.78, 5) is 29.3. The molecule has 0 amide bonds. The van der Waals surface area contributed by atoms with E-state index >= 15 is 0 Å². The fourth-order valence-corrected chi connectivity index (χ4v) is 2.10. The van der Waals surface area contributed by atoms with Crippen LogP contribution in [0.4, 0.5) is 0 Å². The van der Waals surface area contributed by atoms with Crippen molar-refractivity contribution in [1.82, 2.24) is 9.97 Å². The van der Waals surface area contributed by atoms with Crippen molar-refractivity contribution in [3.63, 3.8) is 0 Å². The van der Waals surface area contributed by atoms with E-state index in [-0.39, 0.29) is 33.7 Å². The van der Waals surface area contributed by atoms with Crippen molar-refractivity contribution >= 4 is 17.6 Å². The maximum atomic E-state index is 11.6. The Morgan fingerprint density at radius 3 is 2.76 bits per heavy atom. The number of halogens is 1. The van der Waals surface area contributed by atoms with Crippen molar-refractivity contribution in [3.8, 4) is 11.6 Å². The third-order valence-electron chi connectivity index (χ3n) is 3.09. The quantitative estimate of drug-likeness (QED) is 0.906. The lowest BCUT2D eigenvalue weighted by Gasteiger charge is -2.08. The van der Waals surface area contributed by atoms with Crippen molar-refractivity contribution in [2.45, 2.75) is 18.8 Å². The lowest BCUT2D eigenvalue weighted by Crippen LogP contribution is -2.10. The third-order valence-corrected chi connectivity index (χ3v) is 3.39. The normalized spacial score (nSPS) is 14.0. The van der Waals surface area contributed by atoms with Gasteiger partial charge in [0.15, 0.2) is 0 Å². The van der Waals surface area contributed by atoms with Gasteiger partial charge in [-0.2, -0.15) is 4.98 Å². The number of aromatic carboxylic acids is 1. The Morgan fingerprint density at radius 2 is 2.14 bits per heavy atom. The Bertz CT molecular complexity index is 768. The predicted octanol–water partition coefficient (Wildman–Crippen LogP) is 2.79. The summed E-state index contributed by atoms with van der Waals surface area (Å²) in [5.74, 6) is 0.211. The molecule has 0 saturated heterocycles. The average molecular weight is 307 g/mol. The van der Waals surface area contributed by atoms with Crippen molar-refractivity contribution in [3.05, 3.63) is 51.0 Å². The molecule has 1 aromatic heterocycles. The summed E-state index contributed by atoms with van der Waals surface area (Å²) in [5.41, 5.74) is -0.231. The first-order valence-corrected chi connectivity index (χ1v) is 6.72. The molecule has 0 aliphatic heterocycles. The Morgan fingerprint density at radius 1 is 1.38 bits per heavy atom. The van der Waals surface area contributed by atoms with Crippen molar-refractivity contribution in [1.29, 1.82) is 0 Å². The van der Waals surface area contributed by atoms with Crippen LogP contribution in [0.15, 0.2) is 29.1 Å². The molecule has 108 valence electrons. The van der Waals surface area contributed by atoms with Gasteiger partial charge in [0.05, 0.1) is 16.7 Å². The third kappa shape index (κ3) is 3.05. The number of carboxylic acid groups (broad SMARTS) is 1. The van der Waals surface area contributed by atoms with Gasteiger partial charge in [-0.25, -0.2) is 4.79 Å². The SMILES string of the molecule is O=C(O)c1ccc(Oc2cc(=O)[nH]c(C3CC3)n2)c(Cl)c1. The first-order valence-electron chi connectivity index (χ1n) is 6.35. The first-order chi connectivity index (χ1) is 10.0. The number of hydrogen-bond donors (Lipinski definition) is 2. The number of aromatic amines is 1. The van der Waals surface area contributed by atoms with Gasteiger partial charge in [0.1, 0.15) is 11.6 Å². The molecule has 7 heteroatoms. The average Bonchev–Trinajstić information content (AvgIpc) is 3.24. The van der Waals surface area contributed by atoms with Crippen LogP contribution in [0.1, 0.15) is 34.9 Å². The Kier molecular flexibility index (Phi) is 3.39. The number of nitrogens with zero attached hydrogens (tertiary/aromatic N) is 1. The first kappa shape index (κ1) is 13.6. The zero-order chi connectivity index (χ0) is 15.0. The van der Waals surface area contributed by atoms with Gasteiger partial charge >= 0.3 is 5.97 Å². The zero-order valence-electron chi connectivity index (χ0n) is 10.8. The van der Waals surface area contributed by atoms with Crippen molar-refractivity contribution < 1.29 is 14.6 Å². The number of aromatic nitrogens is 2. The van der Waals surface area contributed by atoms with Gasteiger partial charge in [0.25, 0.3) is 5.56 Å². The van der Waals surface area contributed by atoms with Crippen LogP contribution < -0.4 is 10.3 Å². The molecule has 2 aromatic rings. The molecular formula is C14H11ClN2O4. The molecule has 1 fully saturated rings. The minimum atomic E-state index is -1.08. The summed E-state index contributed by atoms with van der Waals surface area (Å²) in [6, 6.07) is 5.32. The topological polar surface area (TPSA) is 92.3 Å². The van der Waals surface area contributed by atoms with Crippen LogP contribution in [-0.4, -0.2) is 21.0 Å². The molecule has 0 bridgehead atoms. The fourth-order valence-electron chi connectivity index (χ4n) is 1.89. The lowest BCUT2D eigenvalue weighted by atomic mass is 10.2. The number of rotatable bonds is 4. The molecule has 1 heterocycles. The Balaban J connectivity index is 1.89. The molecule has 0 radical (unpaired) electrons. The molecule has 1 aromatic carbocycles. The standard InChI is InChI=1S/C14H11ClN2O4/c15-9-5-8(14(19)20)3-4-10(9)21-12-6-11(18)16-13(17-12)7-1-2-7/h3-7H,1-2H2,(H,19,20)(H,16,17,18). The molecule has 3 rings (SSSR count). The monoisotopic (exact) mass is 306 g/mol. The van der Waals surface area contributed by atoms with E-state index in [0.717, 1.165) is 12.8 Å². The highest BCUT2D eigenvalue weighted by atomic mass is 35.5. The highest BCUT2D eigenvalue weighted by Gasteiger charge is 2.26. The molecule has 1 saturated carbocycles. The lowest BCUT2D eigenvalue weighted by molar-refractivity contribution is 0.0697. The van der Waals surface area contributed by atoms with Crippen molar-refractivity contribution in [2.75, 3.05) is 0 Å². The molecule has 21 heavy (non-hydrogen) atoms. The second kappa shape index (κ2) is 5.21. The van der Waals surface area contributed by atoms with E-state index in [1.54, 1.807) is 0 Å². The van der Waals surface area contributed by atoms with Crippen LogP contribution in [0.5, 0.6) is 11.6 Å². The molecule has 2 N–H and O–H groups in total. The van der Waals surface area contributed by atoms with E-state index < -0.39 is 5.97 Å². The summed E-state index contributed by atoms with van der Waals surface area (Å²) in [7, 11) is 0. The number of hydrogen-bond acceptors (Lipinski definition) is 4. The zero-order valence-corrected chi connectivity index (χ0v) is 11.6. The van der Waals surface area contributed by atoms with Gasteiger partial charge < -0.3 is 14.8 Å². The van der Waals surface area contributed by atoms with Crippen LogP contribution >= 0.6 is 11.6 Å². The number of H-pyrrole nitrogens is 1. The molecule has 6 nitrogen and oxygen atoms in total. The maximum Gasteiger partial charge on any atom is 0.335 e. The predicted molar refractivity (Wildman–Crippen MR) is 75.3 cm³/mol. The van der Waals surface area contributed by atoms with Crippen molar-refractivity contribution in [2.24, 2.45) is 0 Å². The van der Waals surface area contributed by atoms with E-state index in [1.165, 1.54) is 24.3 Å². The van der Waals surface area contributed by atoms with E-state index in [1.807, 2.05) is 0 Å². The number of carboxylic acids is 1. The Hall–Kier alpha value is -2.34. The van der Waals surface area contributed by atoms with Gasteiger partial charge in [-0.3, -0.25) is 4.79 Å². The number of nitrogens with one attached hydrogen (secondary N) is 1. The van der Waals surface area contributed by atoms with Crippen LogP contribution in [0.25, 0.3) is 0 Å². The van der Waals surface area contributed by atoms with Crippen LogP contribution in [0.2, 0.25) is 5.02 Å². The van der Waals surface area contributed by atoms with Crippen LogP contribution in [0.3, 0.4) is 0 Å². The summed E-state index contributed by atoms with van der Waals surface area (Å²) in [6.45, 7) is 0. The molecule has 0 atom stereocenters. The summed E-state index contributed by atoms with van der Waals surface area (Å²) in [6.07, 6.45) is 2.00. The van der Waals surface area contributed by atoms with E-state index in [9.17, 15) is 9.59 Å². The highest BCUT2D eigenvalue weighted by Crippen LogP contribution is 2.38. The number of ether oxygens (including phenoxy) is 1. The van der Waals surface area contributed by atoms with Gasteiger partial charge in [-0.05, 0) is 31.0 Å². The van der Waals surface area contributed by atoms with Gasteiger partial charge in [-0.15, -0.1) is 0 Å². The molecule has 1 aliphatic rings. The van der Waals surface area contributed by atoms with Gasteiger partial charge in [-0.1, -0.05) is 11.6 Å². The molecule has 1 aliphatic carbocycles. The van der Waals surface area contributed by atoms with E-state index in [4.69, 9.17) is 21.4 Å². The fraction of sp³-hybridized carbons (Fsp3) is 0.214. The summed E-state index contributed by atoms with van der Waals surface area (Å²) < 4.78 is 5.49. The Labute approximate surface area is 124 Å². The minimum Gasteiger partial charge on any atom is -0.478 e. The van der Waals surface area contributed by atoms with Gasteiger partial charge in [0, 0.05) is 5.92 Å². The van der Waals surface area contributed by atoms with E-state index in [0.29, 0.717) is 5.82 Å².